The van der Waals surface area contributed by atoms with Crippen molar-refractivity contribution in [2.24, 2.45) is 0 Å². The summed E-state index contributed by atoms with van der Waals surface area (Å²) >= 11 is 5.96. The van der Waals surface area contributed by atoms with Crippen LogP contribution < -0.4 is 21.3 Å². The molecule has 6 heteroatoms. The summed E-state index contributed by atoms with van der Waals surface area (Å²) in [5.74, 6) is 0.451. The minimum Gasteiger partial charge on any atom is -0.487 e. The third kappa shape index (κ3) is 2.09. The van der Waals surface area contributed by atoms with Crippen LogP contribution in [0.2, 0.25) is 5.02 Å². The third-order valence-corrected chi connectivity index (χ3v) is 3.58. The molecule has 1 unspecified atom stereocenters. The zero-order valence-corrected chi connectivity index (χ0v) is 11.3. The molecule has 104 valence electrons. The van der Waals surface area contributed by atoms with Crippen molar-refractivity contribution in [3.8, 4) is 16.9 Å². The molecule has 1 heterocycles. The fraction of sp³-hybridized carbons (Fsp3) is 0.286. The van der Waals surface area contributed by atoms with Crippen LogP contribution in [0.3, 0.4) is 0 Å². The highest BCUT2D eigenvalue weighted by Crippen LogP contribution is 2.34. The van der Waals surface area contributed by atoms with Crippen molar-refractivity contribution in [2.45, 2.75) is 12.5 Å². The first kappa shape index (κ1) is 13.1. The number of anilines is 1. The Morgan fingerprint density at radius 1 is 1.30 bits per heavy atom. The van der Waals surface area contributed by atoms with E-state index in [4.69, 9.17) is 26.8 Å². The second-order valence-corrected chi connectivity index (χ2v) is 5.13. The molecule has 2 aromatic rings. The Bertz CT molecular complexity index is 727. The van der Waals surface area contributed by atoms with Gasteiger partial charge in [-0.3, -0.25) is 9.59 Å². The first-order valence-corrected chi connectivity index (χ1v) is 6.59. The monoisotopic (exact) mass is 293 g/mol. The summed E-state index contributed by atoms with van der Waals surface area (Å²) in [6, 6.07) is 4.89. The molecule has 1 saturated heterocycles. The molecule has 3 rings (SSSR count). The maximum Gasteiger partial charge on any atom is 0.249 e. The minimum absolute atomic E-state index is 0.0233. The molecule has 2 aromatic carbocycles. The molecule has 1 aliphatic rings. The molecular formula is C14H12ClNO4. The van der Waals surface area contributed by atoms with Crippen molar-refractivity contribution in [1.29, 1.82) is 0 Å². The number of nitrogens with two attached hydrogens (primary N) is 1. The molecule has 1 atom stereocenters. The van der Waals surface area contributed by atoms with Crippen molar-refractivity contribution in [3.05, 3.63) is 43.7 Å². The molecule has 0 aromatic heterocycles. The zero-order valence-electron chi connectivity index (χ0n) is 10.5. The summed E-state index contributed by atoms with van der Waals surface area (Å²) in [5, 5.41) is 0.486. The van der Waals surface area contributed by atoms with E-state index in [0.29, 0.717) is 29.5 Å². The molecule has 0 bridgehead atoms. The maximum atomic E-state index is 11.6. The lowest BCUT2D eigenvalue weighted by atomic mass is 9.98. The van der Waals surface area contributed by atoms with Gasteiger partial charge in [-0.1, -0.05) is 11.6 Å². The molecule has 2 N–H and O–H groups in total. The fourth-order valence-electron chi connectivity index (χ4n) is 2.26. The molecule has 0 radical (unpaired) electrons. The molecule has 0 saturated carbocycles. The van der Waals surface area contributed by atoms with Crippen LogP contribution in [-0.2, 0) is 4.74 Å². The molecule has 20 heavy (non-hydrogen) atoms. The normalized spacial score (nSPS) is 18.6. The van der Waals surface area contributed by atoms with Gasteiger partial charge in [-0.05, 0) is 18.2 Å². The van der Waals surface area contributed by atoms with Crippen LogP contribution in [0.25, 0.3) is 11.1 Å². The maximum absolute atomic E-state index is 11.6. The highest BCUT2D eigenvalue weighted by molar-refractivity contribution is 6.30. The first-order chi connectivity index (χ1) is 9.58. The van der Waals surface area contributed by atoms with Crippen molar-refractivity contribution in [2.75, 3.05) is 18.9 Å². The summed E-state index contributed by atoms with van der Waals surface area (Å²) in [4.78, 5) is 22.9. The van der Waals surface area contributed by atoms with E-state index in [0.717, 1.165) is 6.42 Å². The average Bonchev–Trinajstić information content (AvgIpc) is 2.94. The molecular weight excluding hydrogens is 282 g/mol. The van der Waals surface area contributed by atoms with E-state index in [-0.39, 0.29) is 17.4 Å². The van der Waals surface area contributed by atoms with Crippen LogP contribution in [0, 0.1) is 0 Å². The average molecular weight is 294 g/mol. The molecule has 0 aliphatic carbocycles. The molecule has 0 spiro atoms. The van der Waals surface area contributed by atoms with Gasteiger partial charge in [-0.25, -0.2) is 0 Å². The Morgan fingerprint density at radius 3 is 2.75 bits per heavy atom. The van der Waals surface area contributed by atoms with Gasteiger partial charge in [0.2, 0.25) is 10.9 Å². The SMILES string of the molecule is Nc1c(-c2ccc(Cl)cc2OC2CCOC2)c(=O)c1=O. The van der Waals surface area contributed by atoms with E-state index in [9.17, 15) is 9.59 Å². The molecule has 1 aliphatic heterocycles. The quantitative estimate of drug-likeness (QED) is 0.864. The van der Waals surface area contributed by atoms with Gasteiger partial charge >= 0.3 is 0 Å². The van der Waals surface area contributed by atoms with Crippen LogP contribution in [0.1, 0.15) is 6.42 Å². The summed E-state index contributed by atoms with van der Waals surface area (Å²) in [6.45, 7) is 1.14. The lowest BCUT2D eigenvalue weighted by molar-refractivity contribution is 0.142. The van der Waals surface area contributed by atoms with Crippen LogP contribution in [-0.4, -0.2) is 19.3 Å². The smallest absolute Gasteiger partial charge is 0.249 e. The van der Waals surface area contributed by atoms with Gasteiger partial charge in [0.1, 0.15) is 11.9 Å². The fourth-order valence-corrected chi connectivity index (χ4v) is 2.42. The molecule has 1 fully saturated rings. The second kappa shape index (κ2) is 4.92. The standard InChI is InChI=1S/C14H12ClNO4/c15-7-1-2-9(11-12(16)14(18)13(11)17)10(5-7)20-8-3-4-19-6-8/h1-2,5,8H,3-4,6,16H2. The zero-order chi connectivity index (χ0) is 14.3. The van der Waals surface area contributed by atoms with Crippen LogP contribution in [0.4, 0.5) is 5.69 Å². The van der Waals surface area contributed by atoms with Crippen molar-refractivity contribution in [3.63, 3.8) is 0 Å². The summed E-state index contributed by atoms with van der Waals surface area (Å²) < 4.78 is 11.1. The lowest BCUT2D eigenvalue weighted by Gasteiger charge is -2.17. The van der Waals surface area contributed by atoms with E-state index in [1.54, 1.807) is 18.2 Å². The van der Waals surface area contributed by atoms with Crippen molar-refractivity contribution >= 4 is 17.3 Å². The van der Waals surface area contributed by atoms with Crippen LogP contribution in [0.15, 0.2) is 27.8 Å². The van der Waals surface area contributed by atoms with E-state index in [2.05, 4.69) is 0 Å². The number of ether oxygens (including phenoxy) is 2. The molecule has 0 amide bonds. The minimum atomic E-state index is -0.648. The van der Waals surface area contributed by atoms with E-state index < -0.39 is 10.9 Å². The van der Waals surface area contributed by atoms with Crippen LogP contribution in [0.5, 0.6) is 5.75 Å². The third-order valence-electron chi connectivity index (χ3n) is 3.34. The number of hydrogen-bond donors (Lipinski definition) is 1. The van der Waals surface area contributed by atoms with E-state index in [1.807, 2.05) is 0 Å². The van der Waals surface area contributed by atoms with Gasteiger partial charge in [0.05, 0.1) is 24.5 Å². The Labute approximate surface area is 119 Å². The van der Waals surface area contributed by atoms with Crippen LogP contribution >= 0.6 is 11.6 Å². The number of rotatable bonds is 3. The van der Waals surface area contributed by atoms with Gasteiger partial charge in [-0.15, -0.1) is 0 Å². The summed E-state index contributed by atoms with van der Waals surface area (Å²) in [7, 11) is 0. The first-order valence-electron chi connectivity index (χ1n) is 6.21. The van der Waals surface area contributed by atoms with E-state index >= 15 is 0 Å². The Kier molecular flexibility index (Phi) is 3.23. The number of benzene rings is 1. The predicted octanol–water partition coefficient (Wildman–Crippen LogP) is 1.35. The Morgan fingerprint density at radius 2 is 2.10 bits per heavy atom. The number of nitrogen functional groups attached to an aromatic ring is 1. The van der Waals surface area contributed by atoms with Gasteiger partial charge in [0.25, 0.3) is 0 Å². The summed E-state index contributed by atoms with van der Waals surface area (Å²) in [5.41, 5.74) is 5.05. The molecule has 5 nitrogen and oxygen atoms in total. The van der Waals surface area contributed by atoms with Gasteiger partial charge < -0.3 is 15.2 Å². The van der Waals surface area contributed by atoms with Crippen molar-refractivity contribution < 1.29 is 9.47 Å². The second-order valence-electron chi connectivity index (χ2n) is 4.69. The highest BCUT2D eigenvalue weighted by Gasteiger charge is 2.25. The largest absolute Gasteiger partial charge is 0.487 e. The van der Waals surface area contributed by atoms with Gasteiger partial charge in [0, 0.05) is 17.0 Å². The topological polar surface area (TPSA) is 78.6 Å². The highest BCUT2D eigenvalue weighted by atomic mass is 35.5. The van der Waals surface area contributed by atoms with Crippen molar-refractivity contribution in [1.82, 2.24) is 0 Å². The van der Waals surface area contributed by atoms with Gasteiger partial charge in [0.15, 0.2) is 0 Å². The predicted molar refractivity (Wildman–Crippen MR) is 76.1 cm³/mol. The number of halogens is 1. The summed E-state index contributed by atoms with van der Waals surface area (Å²) in [6.07, 6.45) is 0.688. The van der Waals surface area contributed by atoms with E-state index in [1.165, 1.54) is 0 Å². The Hall–Kier alpha value is -1.85. The van der Waals surface area contributed by atoms with Gasteiger partial charge in [-0.2, -0.15) is 0 Å². The Balaban J connectivity index is 2.02. The number of hydrogen-bond acceptors (Lipinski definition) is 5. The lowest BCUT2D eigenvalue weighted by Crippen LogP contribution is -2.36.